The lowest BCUT2D eigenvalue weighted by Crippen LogP contribution is -2.54. The van der Waals surface area contributed by atoms with E-state index in [0.29, 0.717) is 0 Å². The fourth-order valence-electron chi connectivity index (χ4n) is 0.414. The van der Waals surface area contributed by atoms with Gasteiger partial charge in [0, 0.05) is 0 Å². The number of alkyl halides is 11. The Morgan fingerprint density at radius 3 is 1.41 bits per heavy atom. The lowest BCUT2D eigenvalue weighted by Gasteiger charge is -2.31. The third-order valence-electron chi connectivity index (χ3n) is 1.25. The van der Waals surface area contributed by atoms with E-state index in [4.69, 9.17) is 0 Å². The van der Waals surface area contributed by atoms with Gasteiger partial charge in [-0.15, -0.1) is 0 Å². The largest absolute Gasteiger partial charge is 0.429 e. The van der Waals surface area contributed by atoms with Crippen molar-refractivity contribution < 1.29 is 44.3 Å². The SMILES string of the molecule is FC(F)C(F)(F)C(F)(F)OC(F)(Cl)C(F)(F)Cl. The molecule has 0 bridgehead atoms. The summed E-state index contributed by atoms with van der Waals surface area (Å²) in [5.74, 6) is -6.23. The minimum Gasteiger partial charge on any atom is -0.258 e. The monoisotopic (exact) mass is 318 g/mol. The molecule has 0 aromatic carbocycles. The second-order valence-corrected chi connectivity index (χ2v) is 3.52. The summed E-state index contributed by atoms with van der Waals surface area (Å²) >= 11 is 7.81. The molecule has 0 heterocycles. The number of halogens is 11. The molecule has 0 saturated heterocycles. The van der Waals surface area contributed by atoms with Crippen LogP contribution >= 0.6 is 23.2 Å². The van der Waals surface area contributed by atoms with Crippen LogP contribution in [0.4, 0.5) is 39.5 Å². The molecule has 0 saturated carbocycles. The molecule has 12 heteroatoms. The summed E-state index contributed by atoms with van der Waals surface area (Å²) in [4.78, 5) is 0. The standard InChI is InChI=1S/C5HCl2F9O/c6-3(12,13)4(7,14)17-5(15,16)2(10,11)1(8)9/h1H. The number of ether oxygens (including phenoxy) is 1. The van der Waals surface area contributed by atoms with E-state index in [1.807, 2.05) is 0 Å². The highest BCUT2D eigenvalue weighted by atomic mass is 35.5. The zero-order valence-corrected chi connectivity index (χ0v) is 8.66. The van der Waals surface area contributed by atoms with E-state index < -0.39 is 29.2 Å². The summed E-state index contributed by atoms with van der Waals surface area (Å²) in [5.41, 5.74) is 0. The molecular formula is C5HCl2F9O. The molecule has 0 rings (SSSR count). The van der Waals surface area contributed by atoms with E-state index in [1.54, 1.807) is 0 Å². The third-order valence-corrected chi connectivity index (χ3v) is 1.90. The van der Waals surface area contributed by atoms with Crippen LogP contribution in [0.3, 0.4) is 0 Å². The van der Waals surface area contributed by atoms with Gasteiger partial charge < -0.3 is 0 Å². The first-order valence-electron chi connectivity index (χ1n) is 3.33. The molecule has 0 spiro atoms. The van der Waals surface area contributed by atoms with Gasteiger partial charge in [0.1, 0.15) is 0 Å². The number of hydrogen-bond acceptors (Lipinski definition) is 1. The lowest BCUT2D eigenvalue weighted by atomic mass is 10.3. The fourth-order valence-corrected chi connectivity index (χ4v) is 0.549. The van der Waals surface area contributed by atoms with Crippen molar-refractivity contribution in [2.45, 2.75) is 29.2 Å². The Labute approximate surface area is 97.4 Å². The fraction of sp³-hybridized carbons (Fsp3) is 1.00. The molecule has 0 radical (unpaired) electrons. The molecule has 1 nitrogen and oxygen atoms in total. The second-order valence-electron chi connectivity index (χ2n) is 2.56. The van der Waals surface area contributed by atoms with Crippen molar-refractivity contribution in [3.05, 3.63) is 0 Å². The van der Waals surface area contributed by atoms with Crippen LogP contribution < -0.4 is 0 Å². The van der Waals surface area contributed by atoms with Crippen LogP contribution in [0.25, 0.3) is 0 Å². The maximum absolute atomic E-state index is 12.5. The molecule has 0 N–H and O–H groups in total. The summed E-state index contributed by atoms with van der Waals surface area (Å²) in [5, 5.41) is -10.6. The van der Waals surface area contributed by atoms with Gasteiger partial charge >= 0.3 is 29.2 Å². The molecule has 0 amide bonds. The van der Waals surface area contributed by atoms with Crippen molar-refractivity contribution >= 4 is 23.2 Å². The first-order valence-corrected chi connectivity index (χ1v) is 4.09. The minimum absolute atomic E-state index is 2.17. The number of hydrogen-bond donors (Lipinski definition) is 0. The predicted octanol–water partition coefficient (Wildman–Crippen LogP) is 4.19. The number of rotatable bonds is 5. The maximum Gasteiger partial charge on any atom is 0.429 e. The van der Waals surface area contributed by atoms with Gasteiger partial charge in [0.05, 0.1) is 0 Å². The average molecular weight is 319 g/mol. The lowest BCUT2D eigenvalue weighted by molar-refractivity contribution is -0.419. The first-order chi connectivity index (χ1) is 7.15. The van der Waals surface area contributed by atoms with Crippen LogP contribution in [0.5, 0.6) is 0 Å². The molecule has 0 aliphatic carbocycles. The summed E-state index contributed by atoms with van der Waals surface area (Å²) in [7, 11) is 0. The summed E-state index contributed by atoms with van der Waals surface area (Å²) in [6.07, 6.45) is -11.3. The zero-order valence-electron chi connectivity index (χ0n) is 7.14. The molecule has 0 aliphatic heterocycles. The van der Waals surface area contributed by atoms with E-state index in [2.05, 4.69) is 27.9 Å². The van der Waals surface area contributed by atoms with Crippen LogP contribution in [-0.2, 0) is 4.74 Å². The van der Waals surface area contributed by atoms with E-state index in [-0.39, 0.29) is 0 Å². The van der Waals surface area contributed by atoms with Crippen LogP contribution in [0.2, 0.25) is 0 Å². The van der Waals surface area contributed by atoms with Crippen molar-refractivity contribution in [2.75, 3.05) is 0 Å². The minimum atomic E-state index is -6.30. The molecule has 104 valence electrons. The van der Waals surface area contributed by atoms with Crippen molar-refractivity contribution in [1.29, 1.82) is 0 Å². The molecular weight excluding hydrogens is 318 g/mol. The Bertz CT molecular complexity index is 273. The summed E-state index contributed by atoms with van der Waals surface area (Å²) in [6, 6.07) is 0. The topological polar surface area (TPSA) is 9.23 Å². The highest BCUT2D eigenvalue weighted by Crippen LogP contribution is 2.49. The van der Waals surface area contributed by atoms with Gasteiger partial charge in [-0.2, -0.15) is 30.7 Å². The van der Waals surface area contributed by atoms with Crippen LogP contribution in [0.1, 0.15) is 0 Å². The molecule has 1 unspecified atom stereocenters. The van der Waals surface area contributed by atoms with Crippen molar-refractivity contribution in [3.8, 4) is 0 Å². The highest BCUT2D eigenvalue weighted by molar-refractivity contribution is 6.31. The van der Waals surface area contributed by atoms with Crippen molar-refractivity contribution in [1.82, 2.24) is 0 Å². The van der Waals surface area contributed by atoms with Gasteiger partial charge in [-0.3, -0.25) is 4.74 Å². The van der Waals surface area contributed by atoms with Gasteiger partial charge in [-0.05, 0) is 23.2 Å². The average Bonchev–Trinajstić information content (AvgIpc) is 1.98. The van der Waals surface area contributed by atoms with Crippen molar-refractivity contribution in [3.63, 3.8) is 0 Å². The van der Waals surface area contributed by atoms with Gasteiger partial charge in [0.15, 0.2) is 0 Å². The summed E-state index contributed by atoms with van der Waals surface area (Å²) in [6.45, 7) is 0. The Morgan fingerprint density at radius 2 is 1.18 bits per heavy atom. The highest BCUT2D eigenvalue weighted by Gasteiger charge is 2.70. The van der Waals surface area contributed by atoms with Crippen LogP contribution in [0, 0.1) is 0 Å². The van der Waals surface area contributed by atoms with Crippen LogP contribution in [0.15, 0.2) is 0 Å². The maximum atomic E-state index is 12.5. The van der Waals surface area contributed by atoms with E-state index >= 15 is 0 Å². The molecule has 0 aromatic heterocycles. The molecule has 17 heavy (non-hydrogen) atoms. The first kappa shape index (κ1) is 16.9. The third kappa shape index (κ3) is 3.44. The molecule has 1 atom stereocenters. The van der Waals surface area contributed by atoms with E-state index in [9.17, 15) is 39.5 Å². The Kier molecular flexibility index (Phi) is 4.52. The quantitative estimate of drug-likeness (QED) is 0.545. The predicted molar refractivity (Wildman–Crippen MR) is 37.5 cm³/mol. The van der Waals surface area contributed by atoms with Gasteiger partial charge in [0.2, 0.25) is 0 Å². The Balaban J connectivity index is 5.14. The summed E-state index contributed by atoms with van der Waals surface area (Å²) < 4.78 is 110. The van der Waals surface area contributed by atoms with Gasteiger partial charge in [-0.25, -0.2) is 8.78 Å². The van der Waals surface area contributed by atoms with E-state index in [1.165, 1.54) is 0 Å². The van der Waals surface area contributed by atoms with Gasteiger partial charge in [0.25, 0.3) is 0 Å². The zero-order chi connectivity index (χ0) is 14.3. The van der Waals surface area contributed by atoms with E-state index in [0.717, 1.165) is 0 Å². The molecule has 0 fully saturated rings. The smallest absolute Gasteiger partial charge is 0.258 e. The normalized spacial score (nSPS) is 18.4. The molecule has 0 aromatic rings. The van der Waals surface area contributed by atoms with Crippen LogP contribution in [-0.4, -0.2) is 29.2 Å². The van der Waals surface area contributed by atoms with Gasteiger partial charge in [-0.1, -0.05) is 0 Å². The molecule has 0 aliphatic rings. The Morgan fingerprint density at radius 1 is 0.824 bits per heavy atom. The van der Waals surface area contributed by atoms with Crippen molar-refractivity contribution in [2.24, 2.45) is 0 Å². The Hall–Kier alpha value is -0.0900. The second kappa shape index (κ2) is 4.54.